The molecule has 1 heterocycles. The van der Waals surface area contributed by atoms with Crippen LogP contribution in [0.3, 0.4) is 0 Å². The van der Waals surface area contributed by atoms with Gasteiger partial charge in [0.15, 0.2) is 0 Å². The average Bonchev–Trinajstić information content (AvgIpc) is 2.66. The van der Waals surface area contributed by atoms with Crippen molar-refractivity contribution < 1.29 is 9.84 Å². The minimum Gasteiger partial charge on any atom is -0.508 e. The Balaban J connectivity index is 1.69. The lowest BCUT2D eigenvalue weighted by atomic mass is 10.1. The first-order valence-electron chi connectivity index (χ1n) is 9.60. The van der Waals surface area contributed by atoms with E-state index in [1.807, 2.05) is 30.3 Å². The molecule has 0 radical (unpaired) electrons. The topological polar surface area (TPSA) is 55.2 Å². The average molecular weight is 354 g/mol. The number of hydrogen-bond donors (Lipinski definition) is 1. The lowest BCUT2D eigenvalue weighted by Gasteiger charge is -2.11. The highest BCUT2D eigenvalue weighted by Crippen LogP contribution is 2.19. The Bertz CT molecular complexity index is 651. The number of phenolic OH excluding ortho intramolecular Hbond substituents is 1. The monoisotopic (exact) mass is 354 g/mol. The molecule has 0 aliphatic carbocycles. The van der Waals surface area contributed by atoms with E-state index in [-0.39, 0.29) is 5.75 Å². The van der Waals surface area contributed by atoms with E-state index in [4.69, 9.17) is 4.74 Å². The predicted octanol–water partition coefficient (Wildman–Crippen LogP) is 5.63. The van der Waals surface area contributed by atoms with Crippen molar-refractivity contribution in [2.24, 2.45) is 0 Å². The third-order valence-corrected chi connectivity index (χ3v) is 4.27. The Hall–Kier alpha value is -2.20. The molecule has 1 atom stereocenters. The van der Waals surface area contributed by atoms with E-state index in [9.17, 15) is 5.11 Å². The first-order chi connectivity index (χ1) is 12.7. The van der Waals surface area contributed by atoms with Gasteiger partial charge in [-0.2, -0.15) is 5.10 Å². The lowest BCUT2D eigenvalue weighted by Crippen LogP contribution is -2.08. The summed E-state index contributed by atoms with van der Waals surface area (Å²) in [7, 11) is 0. The van der Waals surface area contributed by atoms with E-state index in [1.54, 1.807) is 12.1 Å². The van der Waals surface area contributed by atoms with Crippen molar-refractivity contribution in [2.75, 3.05) is 6.61 Å². The molecule has 0 aliphatic heterocycles. The summed E-state index contributed by atoms with van der Waals surface area (Å²) in [4.78, 5) is 0. The number of nitrogens with zero attached hydrogens (tertiary/aromatic N) is 2. The van der Waals surface area contributed by atoms with Gasteiger partial charge >= 0.3 is 0 Å². The van der Waals surface area contributed by atoms with E-state index < -0.39 is 0 Å². The minimum atomic E-state index is 0.252. The summed E-state index contributed by atoms with van der Waals surface area (Å²) in [6.07, 6.45) is 11.4. The Morgan fingerprint density at radius 2 is 1.85 bits per heavy atom. The van der Waals surface area contributed by atoms with Crippen molar-refractivity contribution in [1.29, 1.82) is 0 Å². The molecule has 1 aromatic heterocycles. The van der Waals surface area contributed by atoms with E-state index >= 15 is 0 Å². The molecule has 0 saturated heterocycles. The Morgan fingerprint density at radius 1 is 1.04 bits per heavy atom. The van der Waals surface area contributed by atoms with Crippen molar-refractivity contribution in [1.82, 2.24) is 10.2 Å². The summed E-state index contributed by atoms with van der Waals surface area (Å²) in [5.41, 5.74) is 2.60. The first kappa shape index (κ1) is 20.1. The van der Waals surface area contributed by atoms with Gasteiger partial charge in [-0.05, 0) is 75.1 Å². The molecule has 1 aromatic carbocycles. The molecule has 4 heteroatoms. The maximum absolute atomic E-state index is 9.33. The van der Waals surface area contributed by atoms with Crippen molar-refractivity contribution in [2.45, 2.75) is 58.5 Å². The zero-order chi connectivity index (χ0) is 18.6. The van der Waals surface area contributed by atoms with Crippen LogP contribution in [0, 0.1) is 0 Å². The third-order valence-electron chi connectivity index (χ3n) is 4.27. The van der Waals surface area contributed by atoms with Crippen LogP contribution in [-0.4, -0.2) is 28.0 Å². The maximum atomic E-state index is 9.33. The summed E-state index contributed by atoms with van der Waals surface area (Å²) >= 11 is 0. The Kier molecular flexibility index (Phi) is 8.84. The molecular weight excluding hydrogens is 324 g/mol. The van der Waals surface area contributed by atoms with Gasteiger partial charge < -0.3 is 9.84 Å². The standard InChI is InChI=1S/C22H30N2O2/c1-3-4-8-17-26-18(2)9-6-5-7-10-20-13-16-22(24-23-20)19-11-14-21(25)15-12-19/h7,10-16,18,25H,3-6,8-9,17H2,1-2H3. The largest absolute Gasteiger partial charge is 0.508 e. The van der Waals surface area contributed by atoms with Gasteiger partial charge in [-0.25, -0.2) is 0 Å². The van der Waals surface area contributed by atoms with Crippen LogP contribution in [0.15, 0.2) is 42.5 Å². The van der Waals surface area contributed by atoms with E-state index in [0.717, 1.165) is 42.8 Å². The predicted molar refractivity (Wildman–Crippen MR) is 107 cm³/mol. The number of allylic oxidation sites excluding steroid dienone is 1. The van der Waals surface area contributed by atoms with Crippen molar-refractivity contribution >= 4 is 6.08 Å². The van der Waals surface area contributed by atoms with Crippen LogP contribution in [0.1, 0.15) is 58.1 Å². The highest BCUT2D eigenvalue weighted by molar-refractivity contribution is 5.60. The summed E-state index contributed by atoms with van der Waals surface area (Å²) in [5.74, 6) is 0.252. The number of aromatic hydroxyl groups is 1. The van der Waals surface area contributed by atoms with E-state index in [2.05, 4.69) is 30.1 Å². The molecule has 0 amide bonds. The number of ether oxygens (including phenoxy) is 1. The molecule has 0 saturated carbocycles. The smallest absolute Gasteiger partial charge is 0.115 e. The number of rotatable bonds is 11. The molecule has 0 spiro atoms. The summed E-state index contributed by atoms with van der Waals surface area (Å²) in [5, 5.41) is 17.8. The van der Waals surface area contributed by atoms with Crippen molar-refractivity contribution in [3.05, 3.63) is 48.2 Å². The molecular formula is C22H30N2O2. The molecule has 4 nitrogen and oxygen atoms in total. The molecule has 1 unspecified atom stereocenters. The van der Waals surface area contributed by atoms with Gasteiger partial charge in [0.05, 0.1) is 17.5 Å². The highest BCUT2D eigenvalue weighted by atomic mass is 16.5. The quantitative estimate of drug-likeness (QED) is 0.531. The van der Waals surface area contributed by atoms with Crippen LogP contribution in [0.5, 0.6) is 5.75 Å². The van der Waals surface area contributed by atoms with Gasteiger partial charge in [0, 0.05) is 12.2 Å². The molecule has 0 fully saturated rings. The SMILES string of the molecule is CCCCCOC(C)CCCC=Cc1ccc(-c2ccc(O)cc2)nn1. The third kappa shape index (κ3) is 7.36. The lowest BCUT2D eigenvalue weighted by molar-refractivity contribution is 0.0566. The number of hydrogen-bond acceptors (Lipinski definition) is 4. The van der Waals surface area contributed by atoms with Crippen LogP contribution >= 0.6 is 0 Å². The van der Waals surface area contributed by atoms with Crippen LogP contribution < -0.4 is 0 Å². The Labute approximate surface area is 156 Å². The summed E-state index contributed by atoms with van der Waals surface area (Å²) < 4.78 is 5.81. The fourth-order valence-corrected chi connectivity index (χ4v) is 2.66. The van der Waals surface area contributed by atoms with Gasteiger partial charge in [0.2, 0.25) is 0 Å². The number of phenols is 1. The molecule has 0 bridgehead atoms. The van der Waals surface area contributed by atoms with Gasteiger partial charge in [-0.3, -0.25) is 0 Å². The molecule has 1 N–H and O–H groups in total. The van der Waals surface area contributed by atoms with Gasteiger partial charge in [-0.15, -0.1) is 5.10 Å². The fourth-order valence-electron chi connectivity index (χ4n) is 2.66. The maximum Gasteiger partial charge on any atom is 0.115 e. The van der Waals surface area contributed by atoms with Gasteiger partial charge in [0.1, 0.15) is 5.75 Å². The van der Waals surface area contributed by atoms with E-state index in [0.29, 0.717) is 6.10 Å². The second kappa shape index (κ2) is 11.4. The molecule has 26 heavy (non-hydrogen) atoms. The molecule has 140 valence electrons. The zero-order valence-corrected chi connectivity index (χ0v) is 15.9. The molecule has 0 aliphatic rings. The number of aromatic nitrogens is 2. The van der Waals surface area contributed by atoms with E-state index in [1.165, 1.54) is 19.3 Å². The van der Waals surface area contributed by atoms with Crippen LogP contribution in [0.2, 0.25) is 0 Å². The van der Waals surface area contributed by atoms with Gasteiger partial charge in [-0.1, -0.05) is 25.8 Å². The summed E-state index contributed by atoms with van der Waals surface area (Å²) in [6, 6.07) is 10.9. The Morgan fingerprint density at radius 3 is 2.54 bits per heavy atom. The zero-order valence-electron chi connectivity index (χ0n) is 15.9. The normalized spacial score (nSPS) is 12.5. The second-order valence-corrected chi connectivity index (χ2v) is 6.61. The molecule has 2 rings (SSSR count). The fraction of sp³-hybridized carbons (Fsp3) is 0.455. The van der Waals surface area contributed by atoms with Crippen LogP contribution in [0.4, 0.5) is 0 Å². The van der Waals surface area contributed by atoms with Crippen LogP contribution in [0.25, 0.3) is 17.3 Å². The second-order valence-electron chi connectivity index (χ2n) is 6.61. The first-order valence-corrected chi connectivity index (χ1v) is 9.60. The number of benzene rings is 1. The van der Waals surface area contributed by atoms with Crippen LogP contribution in [-0.2, 0) is 4.74 Å². The van der Waals surface area contributed by atoms with Crippen molar-refractivity contribution in [3.63, 3.8) is 0 Å². The van der Waals surface area contributed by atoms with Gasteiger partial charge in [0.25, 0.3) is 0 Å². The minimum absolute atomic E-state index is 0.252. The summed E-state index contributed by atoms with van der Waals surface area (Å²) in [6.45, 7) is 5.25. The van der Waals surface area contributed by atoms with Crippen molar-refractivity contribution in [3.8, 4) is 17.0 Å². The molecule has 2 aromatic rings. The highest BCUT2D eigenvalue weighted by Gasteiger charge is 2.02. The number of unbranched alkanes of at least 4 members (excludes halogenated alkanes) is 3.